The second-order valence-electron chi connectivity index (χ2n) is 17.4. The van der Waals surface area contributed by atoms with Crippen molar-refractivity contribution >= 4 is 17.9 Å². The van der Waals surface area contributed by atoms with Crippen LogP contribution >= 0.6 is 0 Å². The highest BCUT2D eigenvalue weighted by Gasteiger charge is 2.71. The van der Waals surface area contributed by atoms with E-state index in [0.29, 0.717) is 36.2 Å². The molecule has 0 aromatic heterocycles. The van der Waals surface area contributed by atoms with Gasteiger partial charge in [-0.15, -0.1) is 0 Å². The number of aromatic carboxylic acids is 1. The number of carbonyl (C=O) groups excluding carboxylic acids is 2. The quantitative estimate of drug-likeness (QED) is 0.249. The molecule has 1 aromatic carbocycles. The summed E-state index contributed by atoms with van der Waals surface area (Å²) in [6, 6.07) is 6.37. The van der Waals surface area contributed by atoms with Crippen LogP contribution in [-0.4, -0.2) is 35.7 Å². The zero-order chi connectivity index (χ0) is 33.4. The van der Waals surface area contributed by atoms with Gasteiger partial charge in [-0.3, -0.25) is 4.79 Å². The molecule has 1 N–H and O–H groups in total. The number of hydrogen-bond acceptors (Lipinski definition) is 5. The lowest BCUT2D eigenvalue weighted by Gasteiger charge is -2.73. The van der Waals surface area contributed by atoms with E-state index in [9.17, 15) is 19.5 Å². The molecule has 6 heteroatoms. The summed E-state index contributed by atoms with van der Waals surface area (Å²) in [6.45, 7) is 21.1. The van der Waals surface area contributed by atoms with E-state index in [4.69, 9.17) is 9.47 Å². The maximum atomic E-state index is 13.4. The summed E-state index contributed by atoms with van der Waals surface area (Å²) in [4.78, 5) is 37.2. The Hall–Kier alpha value is -2.63. The van der Waals surface area contributed by atoms with Gasteiger partial charge >= 0.3 is 17.9 Å². The summed E-state index contributed by atoms with van der Waals surface area (Å²) >= 11 is 0. The van der Waals surface area contributed by atoms with Gasteiger partial charge in [0, 0.05) is 17.8 Å². The molecule has 6 nitrogen and oxygen atoms in total. The first-order chi connectivity index (χ1) is 21.5. The fourth-order valence-corrected chi connectivity index (χ4v) is 13.0. The normalized spacial score (nSPS) is 42.4. The molecule has 0 aliphatic heterocycles. The molecular weight excluding hydrogens is 576 g/mol. The summed E-state index contributed by atoms with van der Waals surface area (Å²) in [6.07, 6.45) is 10.8. The van der Waals surface area contributed by atoms with Crippen molar-refractivity contribution < 1.29 is 29.0 Å². The number of benzene rings is 1. The number of hydrogen-bond donors (Lipinski definition) is 1. The fraction of sp³-hybridized carbons (Fsp3) is 0.725. The van der Waals surface area contributed by atoms with Crippen LogP contribution in [0.1, 0.15) is 133 Å². The van der Waals surface area contributed by atoms with Gasteiger partial charge in [-0.25, -0.2) is 9.59 Å². The zero-order valence-corrected chi connectivity index (χ0v) is 29.2. The smallest absolute Gasteiger partial charge is 0.339 e. The lowest BCUT2D eigenvalue weighted by molar-refractivity contribution is -0.249. The molecule has 5 fully saturated rings. The highest BCUT2D eigenvalue weighted by molar-refractivity contribution is 6.02. The molecule has 0 unspecified atom stereocenters. The minimum absolute atomic E-state index is 0.00935. The maximum Gasteiger partial charge on any atom is 0.339 e. The van der Waals surface area contributed by atoms with Gasteiger partial charge in [0.1, 0.15) is 6.10 Å². The SMILES string of the molecule is C=C(C)[C@H]1CC[C@@]2(COC(C)=O)CC[C@@]3(C)[C@H](CC[C@@H]4[C@@]5(C)CC[C@H](OC(=O)c6ccccc6C(=O)O)C(C)(C)[C@H]5CC[C@]43C)[C@H]12. The van der Waals surface area contributed by atoms with Crippen LogP contribution in [0.4, 0.5) is 0 Å². The average Bonchev–Trinajstić information content (AvgIpc) is 3.38. The number of esters is 2. The van der Waals surface area contributed by atoms with Gasteiger partial charge in [-0.2, -0.15) is 0 Å². The van der Waals surface area contributed by atoms with E-state index in [1.165, 1.54) is 30.9 Å². The predicted molar refractivity (Wildman–Crippen MR) is 178 cm³/mol. The van der Waals surface area contributed by atoms with Crippen LogP contribution in [0.15, 0.2) is 36.4 Å². The Kier molecular flexibility index (Phi) is 8.12. The van der Waals surface area contributed by atoms with Crippen molar-refractivity contribution in [1.29, 1.82) is 0 Å². The van der Waals surface area contributed by atoms with E-state index >= 15 is 0 Å². The summed E-state index contributed by atoms with van der Waals surface area (Å²) < 4.78 is 12.0. The van der Waals surface area contributed by atoms with Crippen LogP contribution in [0.5, 0.6) is 0 Å². The molecule has 0 saturated heterocycles. The van der Waals surface area contributed by atoms with Crippen LogP contribution < -0.4 is 0 Å². The number of carbonyl (C=O) groups is 3. The molecule has 10 atom stereocenters. The Labute approximate surface area is 276 Å². The van der Waals surface area contributed by atoms with Gasteiger partial charge in [-0.1, -0.05) is 58.9 Å². The fourth-order valence-electron chi connectivity index (χ4n) is 13.0. The van der Waals surface area contributed by atoms with E-state index < -0.39 is 11.9 Å². The topological polar surface area (TPSA) is 89.9 Å². The lowest BCUT2D eigenvalue weighted by Crippen LogP contribution is -2.67. The number of rotatable bonds is 6. The molecule has 0 bridgehead atoms. The third kappa shape index (κ3) is 4.73. The van der Waals surface area contributed by atoms with E-state index in [-0.39, 0.29) is 50.3 Å². The number of carboxylic acids is 1. The Morgan fingerprint density at radius 1 is 0.826 bits per heavy atom. The Balaban J connectivity index is 1.27. The van der Waals surface area contributed by atoms with Gasteiger partial charge in [-0.05, 0) is 129 Å². The van der Waals surface area contributed by atoms with E-state index in [2.05, 4.69) is 48.1 Å². The molecule has 252 valence electrons. The van der Waals surface area contributed by atoms with Crippen LogP contribution in [-0.2, 0) is 14.3 Å². The first-order valence-corrected chi connectivity index (χ1v) is 17.8. The minimum Gasteiger partial charge on any atom is -0.478 e. The van der Waals surface area contributed by atoms with Crippen molar-refractivity contribution in [3.63, 3.8) is 0 Å². The largest absolute Gasteiger partial charge is 0.478 e. The summed E-state index contributed by atoms with van der Waals surface area (Å²) in [5, 5.41) is 9.67. The van der Waals surface area contributed by atoms with Crippen LogP contribution in [0.2, 0.25) is 0 Å². The van der Waals surface area contributed by atoms with Crippen molar-refractivity contribution in [3.8, 4) is 0 Å². The van der Waals surface area contributed by atoms with Crippen LogP contribution in [0.25, 0.3) is 0 Å². The van der Waals surface area contributed by atoms with Gasteiger partial charge in [0.05, 0.1) is 17.7 Å². The molecule has 0 spiro atoms. The molecule has 0 radical (unpaired) electrons. The highest BCUT2D eigenvalue weighted by atomic mass is 16.5. The molecule has 5 aliphatic rings. The highest BCUT2D eigenvalue weighted by Crippen LogP contribution is 2.77. The lowest BCUT2D eigenvalue weighted by atomic mass is 9.32. The number of fused-ring (bicyclic) bond motifs is 7. The third-order valence-electron chi connectivity index (χ3n) is 15.4. The standard InChI is InChI=1S/C40H56O6/c1-24(2)26-15-20-40(23-45-25(3)41)22-21-38(7)29(33(26)40)13-14-31-37(6)18-17-32(36(4,5)30(37)16-19-39(31,38)8)46-35(44)28-12-10-9-11-27(28)34(42)43/h9-12,26,29-33H,1,13-23H2,2-8H3,(H,42,43)/t26-,29-,30-,31-,32+,33+,37+,38+,39-,40+/m1/s1. The van der Waals surface area contributed by atoms with E-state index in [1.54, 1.807) is 25.1 Å². The van der Waals surface area contributed by atoms with Crippen molar-refractivity contribution in [2.75, 3.05) is 6.61 Å². The average molecular weight is 633 g/mol. The molecule has 5 aliphatic carbocycles. The monoisotopic (exact) mass is 632 g/mol. The Morgan fingerprint density at radius 3 is 2.17 bits per heavy atom. The second kappa shape index (κ2) is 11.2. The maximum absolute atomic E-state index is 13.4. The predicted octanol–water partition coefficient (Wildman–Crippen LogP) is 9.13. The molecule has 1 aromatic rings. The molecular formula is C40H56O6. The molecule has 46 heavy (non-hydrogen) atoms. The van der Waals surface area contributed by atoms with Gasteiger partial charge in [0.25, 0.3) is 0 Å². The molecule has 6 rings (SSSR count). The minimum atomic E-state index is -1.11. The Bertz CT molecular complexity index is 1430. The second-order valence-corrected chi connectivity index (χ2v) is 17.4. The number of carboxylic acid groups (broad SMARTS) is 1. The first kappa shape index (κ1) is 33.3. The Morgan fingerprint density at radius 2 is 1.52 bits per heavy atom. The first-order valence-electron chi connectivity index (χ1n) is 17.8. The van der Waals surface area contributed by atoms with E-state index in [1.807, 2.05) is 0 Å². The van der Waals surface area contributed by atoms with Crippen LogP contribution in [0, 0.1) is 56.7 Å². The molecule has 0 amide bonds. The number of ether oxygens (including phenoxy) is 2. The molecule has 0 heterocycles. The van der Waals surface area contributed by atoms with Crippen molar-refractivity contribution in [2.24, 2.45) is 56.7 Å². The third-order valence-corrected chi connectivity index (χ3v) is 15.4. The molecule has 5 saturated carbocycles. The van der Waals surface area contributed by atoms with Crippen molar-refractivity contribution in [1.82, 2.24) is 0 Å². The van der Waals surface area contributed by atoms with Crippen LogP contribution in [0.3, 0.4) is 0 Å². The zero-order valence-electron chi connectivity index (χ0n) is 29.2. The van der Waals surface area contributed by atoms with Gasteiger partial charge in [0.2, 0.25) is 0 Å². The summed E-state index contributed by atoms with van der Waals surface area (Å²) in [7, 11) is 0. The van der Waals surface area contributed by atoms with E-state index in [0.717, 1.165) is 44.9 Å². The summed E-state index contributed by atoms with van der Waals surface area (Å²) in [5.41, 5.74) is 1.75. The van der Waals surface area contributed by atoms with Gasteiger partial charge < -0.3 is 14.6 Å². The van der Waals surface area contributed by atoms with Crippen molar-refractivity contribution in [2.45, 2.75) is 119 Å². The summed E-state index contributed by atoms with van der Waals surface area (Å²) in [5.74, 6) is 0.747. The van der Waals surface area contributed by atoms with Crippen molar-refractivity contribution in [3.05, 3.63) is 47.5 Å². The van der Waals surface area contributed by atoms with Gasteiger partial charge in [0.15, 0.2) is 0 Å². The number of allylic oxidation sites excluding steroid dienone is 1.